The largest absolute Gasteiger partial charge is 0.452 e. The standard InChI is InChI=1S/C18H16ClN3O4S/c1-10(17(24)22-12-6-4-8-20-16(12)19)26-15(23)9-14-18(25)21-11-5-2-3-7-13(11)27-14/h2-8,10,14H,9H2,1H3,(H,21,25)(H,22,24)/t10-,14-/m1/s1. The summed E-state index contributed by atoms with van der Waals surface area (Å²) in [6.07, 6.45) is 0.306. The van der Waals surface area contributed by atoms with Crippen molar-refractivity contribution in [1.29, 1.82) is 0 Å². The average molecular weight is 406 g/mol. The van der Waals surface area contributed by atoms with Crippen LogP contribution in [-0.2, 0) is 19.1 Å². The molecule has 0 spiro atoms. The number of rotatable bonds is 5. The van der Waals surface area contributed by atoms with Gasteiger partial charge in [-0.15, -0.1) is 11.8 Å². The van der Waals surface area contributed by atoms with E-state index in [1.165, 1.54) is 24.9 Å². The molecule has 7 nitrogen and oxygen atoms in total. The molecule has 0 bridgehead atoms. The van der Waals surface area contributed by atoms with Gasteiger partial charge >= 0.3 is 5.97 Å². The number of hydrogen-bond acceptors (Lipinski definition) is 6. The van der Waals surface area contributed by atoms with Crippen molar-refractivity contribution in [2.45, 2.75) is 29.6 Å². The minimum absolute atomic E-state index is 0.137. The second-order valence-electron chi connectivity index (χ2n) is 5.76. The van der Waals surface area contributed by atoms with Crippen LogP contribution in [0.1, 0.15) is 13.3 Å². The lowest BCUT2D eigenvalue weighted by molar-refractivity contribution is -0.153. The molecule has 2 atom stereocenters. The zero-order valence-corrected chi connectivity index (χ0v) is 15.8. The molecule has 2 heterocycles. The van der Waals surface area contributed by atoms with E-state index < -0.39 is 23.2 Å². The zero-order valence-electron chi connectivity index (χ0n) is 14.3. The number of ether oxygens (including phenoxy) is 1. The van der Waals surface area contributed by atoms with E-state index in [-0.39, 0.29) is 17.5 Å². The van der Waals surface area contributed by atoms with Crippen LogP contribution in [0.3, 0.4) is 0 Å². The van der Waals surface area contributed by atoms with Gasteiger partial charge in [-0.3, -0.25) is 14.4 Å². The van der Waals surface area contributed by atoms with Crippen molar-refractivity contribution in [3.63, 3.8) is 0 Å². The van der Waals surface area contributed by atoms with E-state index in [4.69, 9.17) is 16.3 Å². The van der Waals surface area contributed by atoms with E-state index in [0.29, 0.717) is 5.69 Å². The number of aromatic nitrogens is 1. The quantitative estimate of drug-likeness (QED) is 0.586. The Morgan fingerprint density at radius 2 is 2.11 bits per heavy atom. The third kappa shape index (κ3) is 4.78. The molecule has 0 fully saturated rings. The lowest BCUT2D eigenvalue weighted by atomic mass is 10.2. The summed E-state index contributed by atoms with van der Waals surface area (Å²) in [6.45, 7) is 1.45. The van der Waals surface area contributed by atoms with E-state index in [1.807, 2.05) is 18.2 Å². The summed E-state index contributed by atoms with van der Waals surface area (Å²) in [5, 5.41) is 4.83. The van der Waals surface area contributed by atoms with Crippen molar-refractivity contribution in [2.24, 2.45) is 0 Å². The molecule has 1 aliphatic heterocycles. The van der Waals surface area contributed by atoms with Crippen LogP contribution in [0, 0.1) is 0 Å². The normalized spacial score (nSPS) is 16.7. The smallest absolute Gasteiger partial charge is 0.308 e. The topological polar surface area (TPSA) is 97.4 Å². The molecule has 140 valence electrons. The number of para-hydroxylation sites is 1. The van der Waals surface area contributed by atoms with E-state index >= 15 is 0 Å². The van der Waals surface area contributed by atoms with Gasteiger partial charge < -0.3 is 15.4 Å². The summed E-state index contributed by atoms with van der Waals surface area (Å²) in [6, 6.07) is 10.5. The molecular formula is C18H16ClN3O4S. The Kier molecular flexibility index (Phi) is 5.98. The predicted octanol–water partition coefficient (Wildman–Crippen LogP) is 3.11. The first-order valence-electron chi connectivity index (χ1n) is 8.11. The molecule has 0 saturated carbocycles. The third-order valence-corrected chi connectivity index (χ3v) is 5.33. The van der Waals surface area contributed by atoms with Crippen LogP contribution in [0.25, 0.3) is 0 Å². The van der Waals surface area contributed by atoms with Gasteiger partial charge in [0.1, 0.15) is 0 Å². The predicted molar refractivity (Wildman–Crippen MR) is 103 cm³/mol. The summed E-state index contributed by atoms with van der Waals surface area (Å²) in [7, 11) is 0. The number of hydrogen-bond donors (Lipinski definition) is 2. The number of halogens is 1. The molecule has 0 radical (unpaired) electrons. The fraction of sp³-hybridized carbons (Fsp3) is 0.222. The number of thioether (sulfide) groups is 1. The molecule has 1 aromatic heterocycles. The number of benzene rings is 1. The maximum atomic E-state index is 12.2. The van der Waals surface area contributed by atoms with Gasteiger partial charge in [0.05, 0.1) is 23.0 Å². The van der Waals surface area contributed by atoms with Crippen molar-refractivity contribution in [3.05, 3.63) is 47.7 Å². The number of pyridine rings is 1. The summed E-state index contributed by atoms with van der Waals surface area (Å²) in [5.74, 6) is -1.44. The van der Waals surface area contributed by atoms with Crippen LogP contribution in [0.5, 0.6) is 0 Å². The fourth-order valence-electron chi connectivity index (χ4n) is 2.39. The lowest BCUT2D eigenvalue weighted by Crippen LogP contribution is -2.34. The van der Waals surface area contributed by atoms with Gasteiger partial charge in [0.25, 0.3) is 5.91 Å². The number of amides is 2. The monoisotopic (exact) mass is 405 g/mol. The number of nitrogens with zero attached hydrogens (tertiary/aromatic N) is 1. The highest BCUT2D eigenvalue weighted by atomic mass is 35.5. The van der Waals surface area contributed by atoms with Crippen LogP contribution < -0.4 is 10.6 Å². The van der Waals surface area contributed by atoms with Gasteiger partial charge in [-0.05, 0) is 31.2 Å². The molecule has 0 aliphatic carbocycles. The molecule has 2 aromatic rings. The van der Waals surface area contributed by atoms with Crippen molar-refractivity contribution in [3.8, 4) is 0 Å². The molecule has 3 rings (SSSR count). The van der Waals surface area contributed by atoms with Crippen LogP contribution in [0.15, 0.2) is 47.5 Å². The Bertz CT molecular complexity index is 892. The summed E-state index contributed by atoms with van der Waals surface area (Å²) < 4.78 is 5.16. The zero-order chi connectivity index (χ0) is 19.4. The molecule has 2 amide bonds. The van der Waals surface area contributed by atoms with Crippen LogP contribution in [-0.4, -0.2) is 34.1 Å². The Hall–Kier alpha value is -2.58. The highest BCUT2D eigenvalue weighted by Gasteiger charge is 2.30. The average Bonchev–Trinajstić information content (AvgIpc) is 2.64. The van der Waals surface area contributed by atoms with Crippen molar-refractivity contribution in [2.75, 3.05) is 10.6 Å². The molecular weight excluding hydrogens is 390 g/mol. The fourth-order valence-corrected chi connectivity index (χ4v) is 3.65. The number of esters is 1. The SMILES string of the molecule is C[C@@H](OC(=O)C[C@H]1Sc2ccccc2NC1=O)C(=O)Nc1cccnc1Cl. The van der Waals surface area contributed by atoms with E-state index in [2.05, 4.69) is 15.6 Å². The van der Waals surface area contributed by atoms with Crippen molar-refractivity contribution >= 4 is 52.5 Å². The Balaban J connectivity index is 1.55. The molecule has 9 heteroatoms. The second-order valence-corrected chi connectivity index (χ2v) is 7.36. The van der Waals surface area contributed by atoms with Gasteiger partial charge in [0, 0.05) is 11.1 Å². The molecule has 0 saturated heterocycles. The number of anilines is 2. The Morgan fingerprint density at radius 1 is 1.33 bits per heavy atom. The van der Waals surface area contributed by atoms with Gasteiger partial charge in [-0.2, -0.15) is 0 Å². The van der Waals surface area contributed by atoms with Gasteiger partial charge in [-0.25, -0.2) is 4.98 Å². The highest BCUT2D eigenvalue weighted by Crippen LogP contribution is 2.36. The van der Waals surface area contributed by atoms with E-state index in [0.717, 1.165) is 10.6 Å². The van der Waals surface area contributed by atoms with E-state index in [1.54, 1.807) is 18.2 Å². The molecule has 1 aliphatic rings. The number of fused-ring (bicyclic) bond motifs is 1. The first kappa shape index (κ1) is 19.2. The number of carbonyl (C=O) groups excluding carboxylic acids is 3. The van der Waals surface area contributed by atoms with Gasteiger partial charge in [-0.1, -0.05) is 23.7 Å². The first-order chi connectivity index (χ1) is 12.9. The van der Waals surface area contributed by atoms with Crippen LogP contribution in [0.4, 0.5) is 11.4 Å². The molecule has 2 N–H and O–H groups in total. The Labute approximate surface area is 164 Å². The van der Waals surface area contributed by atoms with E-state index in [9.17, 15) is 14.4 Å². The maximum absolute atomic E-state index is 12.2. The number of nitrogens with one attached hydrogen (secondary N) is 2. The maximum Gasteiger partial charge on any atom is 0.308 e. The highest BCUT2D eigenvalue weighted by molar-refractivity contribution is 8.01. The summed E-state index contributed by atoms with van der Waals surface area (Å²) in [4.78, 5) is 41.2. The van der Waals surface area contributed by atoms with Crippen molar-refractivity contribution < 1.29 is 19.1 Å². The molecule has 1 aromatic carbocycles. The van der Waals surface area contributed by atoms with Gasteiger partial charge in [0.2, 0.25) is 5.91 Å². The van der Waals surface area contributed by atoms with Crippen LogP contribution >= 0.6 is 23.4 Å². The lowest BCUT2D eigenvalue weighted by Gasteiger charge is -2.23. The second kappa shape index (κ2) is 8.41. The van der Waals surface area contributed by atoms with Gasteiger partial charge in [0.15, 0.2) is 11.3 Å². The molecule has 0 unspecified atom stereocenters. The van der Waals surface area contributed by atoms with Crippen LogP contribution in [0.2, 0.25) is 5.15 Å². The summed E-state index contributed by atoms with van der Waals surface area (Å²) in [5.41, 5.74) is 1.05. The summed E-state index contributed by atoms with van der Waals surface area (Å²) >= 11 is 7.18. The Morgan fingerprint density at radius 3 is 2.89 bits per heavy atom. The number of carbonyl (C=O) groups is 3. The third-order valence-electron chi connectivity index (χ3n) is 3.75. The van der Waals surface area contributed by atoms with Crippen molar-refractivity contribution in [1.82, 2.24) is 4.98 Å². The minimum Gasteiger partial charge on any atom is -0.452 e. The molecule has 27 heavy (non-hydrogen) atoms. The first-order valence-corrected chi connectivity index (χ1v) is 9.37. The minimum atomic E-state index is -1.04.